The molecule has 0 unspecified atom stereocenters. The summed E-state index contributed by atoms with van der Waals surface area (Å²) in [5.74, 6) is 3.40. The molecule has 0 spiro atoms. The van der Waals surface area contributed by atoms with Gasteiger partial charge in [-0.15, -0.1) is 10.2 Å². The highest BCUT2D eigenvalue weighted by molar-refractivity contribution is 5.94. The summed E-state index contributed by atoms with van der Waals surface area (Å²) in [7, 11) is 3.65. The molecule has 1 N–H and O–H groups in total. The molecule has 0 bridgehead atoms. The average Bonchev–Trinajstić information content (AvgIpc) is 3.35. The maximum Gasteiger partial charge on any atom is 0.228 e. The zero-order valence-electron chi connectivity index (χ0n) is 18.5. The van der Waals surface area contributed by atoms with Crippen LogP contribution in [0.4, 0.5) is 17.6 Å². The summed E-state index contributed by atoms with van der Waals surface area (Å²) in [5.41, 5.74) is 2.25. The smallest absolute Gasteiger partial charge is 0.228 e. The van der Waals surface area contributed by atoms with E-state index < -0.39 is 0 Å². The van der Waals surface area contributed by atoms with Crippen LogP contribution >= 0.6 is 0 Å². The van der Waals surface area contributed by atoms with E-state index in [9.17, 15) is 4.79 Å². The van der Waals surface area contributed by atoms with Crippen molar-refractivity contribution in [3.05, 3.63) is 42.5 Å². The average molecular weight is 432 g/mol. The van der Waals surface area contributed by atoms with Gasteiger partial charge in [0.05, 0.1) is 11.9 Å². The van der Waals surface area contributed by atoms with Crippen molar-refractivity contribution < 1.29 is 4.79 Å². The minimum atomic E-state index is 0.0424. The van der Waals surface area contributed by atoms with Crippen LogP contribution < -0.4 is 10.2 Å². The van der Waals surface area contributed by atoms with E-state index in [1.807, 2.05) is 35.7 Å². The van der Waals surface area contributed by atoms with Crippen molar-refractivity contribution in [1.29, 1.82) is 0 Å². The largest absolute Gasteiger partial charge is 0.309 e. The summed E-state index contributed by atoms with van der Waals surface area (Å²) >= 11 is 0. The number of hydrogen-bond donors (Lipinski definition) is 1. The Kier molecular flexibility index (Phi) is 4.84. The van der Waals surface area contributed by atoms with Crippen LogP contribution in [0.2, 0.25) is 0 Å². The van der Waals surface area contributed by atoms with Gasteiger partial charge in [0.2, 0.25) is 11.9 Å². The Hall–Kier alpha value is -3.82. The molecule has 5 heterocycles. The molecule has 0 saturated carbocycles. The molecule has 10 nitrogen and oxygen atoms in total. The molecular weight excluding hydrogens is 406 g/mol. The summed E-state index contributed by atoms with van der Waals surface area (Å²) < 4.78 is 3.71. The Morgan fingerprint density at radius 2 is 2.00 bits per heavy atom. The molecule has 164 valence electrons. The van der Waals surface area contributed by atoms with Crippen LogP contribution in [0.25, 0.3) is 16.9 Å². The van der Waals surface area contributed by atoms with Gasteiger partial charge in [-0.1, -0.05) is 13.8 Å². The fraction of sp³-hybridized carbons (Fsp3) is 0.364. The topological polar surface area (TPSA) is 106 Å². The van der Waals surface area contributed by atoms with Gasteiger partial charge in [0.25, 0.3) is 0 Å². The minimum absolute atomic E-state index is 0.0424. The standard InChI is InChI=1S/C22H25N9O/c1-13(2)9-15-12-20(32)29(3)19-11-14(10-18-27-28-21(15)31(18)19)16-5-7-23-22(25-16)26-17-6-8-24-30(17)4/h5-8,10-11,13,15H,9,12H2,1-4H3,(H,23,25,26)/t15-/m1/s1. The van der Waals surface area contributed by atoms with Crippen molar-refractivity contribution in [3.63, 3.8) is 0 Å². The Bertz CT molecular complexity index is 1310. The highest BCUT2D eigenvalue weighted by atomic mass is 16.2. The molecule has 0 radical (unpaired) electrons. The maximum atomic E-state index is 12.9. The summed E-state index contributed by atoms with van der Waals surface area (Å²) in [6, 6.07) is 7.60. The van der Waals surface area contributed by atoms with Crippen molar-refractivity contribution in [1.82, 2.24) is 34.3 Å². The second-order valence-electron chi connectivity index (χ2n) is 8.57. The lowest BCUT2D eigenvalue weighted by Gasteiger charge is -2.18. The molecule has 10 heteroatoms. The van der Waals surface area contributed by atoms with Gasteiger partial charge >= 0.3 is 0 Å². The fourth-order valence-electron chi connectivity index (χ4n) is 4.20. The van der Waals surface area contributed by atoms with Crippen molar-refractivity contribution >= 4 is 29.1 Å². The first-order valence-electron chi connectivity index (χ1n) is 10.6. The number of carbonyl (C=O) groups is 1. The monoisotopic (exact) mass is 431 g/mol. The molecule has 1 atom stereocenters. The molecule has 0 aliphatic carbocycles. The second-order valence-corrected chi connectivity index (χ2v) is 8.57. The van der Waals surface area contributed by atoms with Gasteiger partial charge in [0.1, 0.15) is 17.5 Å². The minimum Gasteiger partial charge on any atom is -0.309 e. The van der Waals surface area contributed by atoms with Crippen LogP contribution in [0, 0.1) is 5.92 Å². The molecular formula is C22H25N9O. The Balaban J connectivity index is 1.59. The van der Waals surface area contributed by atoms with Gasteiger partial charge in [-0.3, -0.25) is 13.9 Å². The van der Waals surface area contributed by atoms with Crippen molar-refractivity contribution in [3.8, 4) is 11.3 Å². The fourth-order valence-corrected chi connectivity index (χ4v) is 4.20. The van der Waals surface area contributed by atoms with Crippen LogP contribution in [0.1, 0.15) is 38.4 Å². The third-order valence-electron chi connectivity index (χ3n) is 5.78. The number of anilines is 3. The number of carbonyl (C=O) groups excluding carboxylic acids is 1. The third-order valence-corrected chi connectivity index (χ3v) is 5.78. The number of pyridine rings is 1. The number of aryl methyl sites for hydroxylation is 1. The Morgan fingerprint density at radius 1 is 1.16 bits per heavy atom. The molecule has 4 aromatic heterocycles. The molecule has 1 amide bonds. The first-order valence-corrected chi connectivity index (χ1v) is 10.6. The second kappa shape index (κ2) is 7.70. The summed E-state index contributed by atoms with van der Waals surface area (Å²) in [5, 5.41) is 16.2. The summed E-state index contributed by atoms with van der Waals surface area (Å²) in [6.07, 6.45) is 4.71. The molecule has 0 fully saturated rings. The van der Waals surface area contributed by atoms with E-state index in [1.54, 1.807) is 29.0 Å². The van der Waals surface area contributed by atoms with Gasteiger partial charge in [-0.2, -0.15) is 5.10 Å². The molecule has 5 rings (SSSR count). The molecule has 1 aliphatic heterocycles. The van der Waals surface area contributed by atoms with Crippen LogP contribution in [0.5, 0.6) is 0 Å². The molecule has 0 aromatic carbocycles. The van der Waals surface area contributed by atoms with Crippen LogP contribution in [-0.4, -0.2) is 47.3 Å². The normalized spacial score (nSPS) is 16.1. The Morgan fingerprint density at radius 3 is 2.75 bits per heavy atom. The number of amides is 1. The predicted octanol–water partition coefficient (Wildman–Crippen LogP) is 3.16. The lowest BCUT2D eigenvalue weighted by molar-refractivity contribution is -0.118. The lowest BCUT2D eigenvalue weighted by Crippen LogP contribution is -2.27. The van der Waals surface area contributed by atoms with Gasteiger partial charge in [-0.25, -0.2) is 9.97 Å². The quantitative estimate of drug-likeness (QED) is 0.517. The summed E-state index contributed by atoms with van der Waals surface area (Å²) in [4.78, 5) is 23.6. The zero-order chi connectivity index (χ0) is 22.4. The van der Waals surface area contributed by atoms with Gasteiger partial charge in [0, 0.05) is 44.3 Å². The highest BCUT2D eigenvalue weighted by Crippen LogP contribution is 2.35. The van der Waals surface area contributed by atoms with Crippen LogP contribution in [0.3, 0.4) is 0 Å². The highest BCUT2D eigenvalue weighted by Gasteiger charge is 2.31. The van der Waals surface area contributed by atoms with E-state index >= 15 is 0 Å². The predicted molar refractivity (Wildman–Crippen MR) is 121 cm³/mol. The van der Waals surface area contributed by atoms with Crippen molar-refractivity contribution in [2.75, 3.05) is 17.3 Å². The SMILES string of the molecule is CC(C)C[C@@H]1CC(=O)N(C)c2cc(-c3ccnc(Nc4ccnn4C)n3)cc3nnc1n23. The third kappa shape index (κ3) is 3.47. The van der Waals surface area contributed by atoms with Gasteiger partial charge in [0.15, 0.2) is 5.65 Å². The van der Waals surface area contributed by atoms with Crippen LogP contribution in [0.15, 0.2) is 36.7 Å². The van der Waals surface area contributed by atoms with Crippen molar-refractivity contribution in [2.45, 2.75) is 32.6 Å². The Labute approximate surface area is 185 Å². The molecule has 0 saturated heterocycles. The van der Waals surface area contributed by atoms with E-state index in [1.165, 1.54) is 0 Å². The maximum absolute atomic E-state index is 12.9. The number of rotatable bonds is 5. The molecule has 4 aromatic rings. The van der Waals surface area contributed by atoms with Gasteiger partial charge < -0.3 is 10.2 Å². The van der Waals surface area contributed by atoms with E-state index in [4.69, 9.17) is 0 Å². The zero-order valence-corrected chi connectivity index (χ0v) is 18.5. The molecule has 32 heavy (non-hydrogen) atoms. The van der Waals surface area contributed by atoms with E-state index in [0.717, 1.165) is 35.1 Å². The summed E-state index contributed by atoms with van der Waals surface area (Å²) in [6.45, 7) is 4.32. The first kappa shape index (κ1) is 20.1. The number of hydrogen-bond acceptors (Lipinski definition) is 7. The molecule has 1 aliphatic rings. The van der Waals surface area contributed by atoms with Crippen LogP contribution in [-0.2, 0) is 11.8 Å². The van der Waals surface area contributed by atoms with E-state index in [0.29, 0.717) is 23.9 Å². The van der Waals surface area contributed by atoms with Gasteiger partial charge in [-0.05, 0) is 30.5 Å². The number of aromatic nitrogens is 7. The van der Waals surface area contributed by atoms with Crippen molar-refractivity contribution in [2.24, 2.45) is 13.0 Å². The lowest BCUT2D eigenvalue weighted by atomic mass is 9.93. The van der Waals surface area contributed by atoms with E-state index in [-0.39, 0.29) is 11.8 Å². The number of nitrogens with one attached hydrogen (secondary N) is 1. The number of nitrogens with zero attached hydrogens (tertiary/aromatic N) is 8. The van der Waals surface area contributed by atoms with E-state index in [2.05, 4.69) is 44.4 Å². The first-order chi connectivity index (χ1) is 15.4.